The van der Waals surface area contributed by atoms with E-state index in [-0.39, 0.29) is 25.3 Å². The van der Waals surface area contributed by atoms with Gasteiger partial charge in [0, 0.05) is 32.6 Å². The number of Topliss-reactive ketones (excluding diaryl/α,β-unsaturated/α-hetero) is 1. The number of piperidine rings is 2. The molecule has 0 amide bonds. The predicted molar refractivity (Wildman–Crippen MR) is 71.0 cm³/mol. The second-order valence-corrected chi connectivity index (χ2v) is 7.05. The first-order valence-electron chi connectivity index (χ1n) is 6.82. The molecule has 0 aromatic carbocycles. The van der Waals surface area contributed by atoms with E-state index in [4.69, 9.17) is 0 Å². The van der Waals surface area contributed by atoms with Gasteiger partial charge in [-0.25, -0.2) is 0 Å². The van der Waals surface area contributed by atoms with Gasteiger partial charge in [0.05, 0.1) is 7.11 Å². The molecule has 8 heteroatoms. The average molecular weight is 304 g/mol. The van der Waals surface area contributed by atoms with Crippen molar-refractivity contribution in [1.82, 2.24) is 8.61 Å². The van der Waals surface area contributed by atoms with E-state index in [0.717, 1.165) is 19.3 Å². The van der Waals surface area contributed by atoms with E-state index in [9.17, 15) is 18.0 Å². The van der Waals surface area contributed by atoms with Gasteiger partial charge in [-0.15, -0.1) is 0 Å². The zero-order valence-electron chi connectivity index (χ0n) is 11.6. The maximum Gasteiger partial charge on any atom is 0.317 e. The molecule has 0 bridgehead atoms. The molecule has 1 unspecified atom stereocenters. The molecule has 0 aliphatic carbocycles. The Balaban J connectivity index is 2.11. The lowest BCUT2D eigenvalue weighted by Gasteiger charge is -2.35. The molecule has 114 valence electrons. The summed E-state index contributed by atoms with van der Waals surface area (Å²) in [5, 5.41) is 0. The average Bonchev–Trinajstić information content (AvgIpc) is 2.47. The largest absolute Gasteiger partial charge is 0.468 e. The predicted octanol–water partition coefficient (Wildman–Crippen LogP) is -0.219. The first kappa shape index (κ1) is 15.4. The Bertz CT molecular complexity index is 476. The second kappa shape index (κ2) is 6.19. The lowest BCUT2D eigenvalue weighted by molar-refractivity contribution is -0.150. The molecule has 0 saturated carbocycles. The van der Waals surface area contributed by atoms with Gasteiger partial charge >= 0.3 is 5.97 Å². The van der Waals surface area contributed by atoms with E-state index in [1.165, 1.54) is 15.7 Å². The molecule has 0 N–H and O–H groups in total. The summed E-state index contributed by atoms with van der Waals surface area (Å²) in [6.45, 7) is 1.06. The maximum atomic E-state index is 12.5. The van der Waals surface area contributed by atoms with Crippen molar-refractivity contribution >= 4 is 22.0 Å². The van der Waals surface area contributed by atoms with Crippen LogP contribution in [-0.4, -0.2) is 62.1 Å². The normalized spacial score (nSPS) is 26.4. The van der Waals surface area contributed by atoms with E-state index in [2.05, 4.69) is 4.74 Å². The van der Waals surface area contributed by atoms with E-state index >= 15 is 0 Å². The number of esters is 1. The minimum absolute atomic E-state index is 0.0623. The number of carbonyl (C=O) groups excluding carboxylic acids is 2. The van der Waals surface area contributed by atoms with Gasteiger partial charge in [0.1, 0.15) is 11.7 Å². The quantitative estimate of drug-likeness (QED) is 0.532. The van der Waals surface area contributed by atoms with Crippen molar-refractivity contribution in [3.05, 3.63) is 0 Å². The van der Waals surface area contributed by atoms with Gasteiger partial charge in [-0.3, -0.25) is 9.59 Å². The van der Waals surface area contributed by atoms with E-state index < -0.39 is 22.1 Å². The number of carbonyl (C=O) groups is 2. The third kappa shape index (κ3) is 3.02. The summed E-state index contributed by atoms with van der Waals surface area (Å²) in [6, 6.07) is 0. The molecule has 1 atom stereocenters. The van der Waals surface area contributed by atoms with Crippen molar-refractivity contribution in [1.29, 1.82) is 0 Å². The summed E-state index contributed by atoms with van der Waals surface area (Å²) in [5.74, 6) is -1.90. The third-order valence-electron chi connectivity index (χ3n) is 3.84. The smallest absolute Gasteiger partial charge is 0.317 e. The second-order valence-electron chi connectivity index (χ2n) is 5.12. The van der Waals surface area contributed by atoms with Crippen LogP contribution in [0.1, 0.15) is 25.7 Å². The van der Waals surface area contributed by atoms with Crippen LogP contribution in [-0.2, 0) is 24.5 Å². The molecule has 0 aromatic heterocycles. The number of ether oxygens (including phenoxy) is 1. The summed E-state index contributed by atoms with van der Waals surface area (Å²) in [5.41, 5.74) is 0. The summed E-state index contributed by atoms with van der Waals surface area (Å²) >= 11 is 0. The molecular formula is C12H20N2O5S. The van der Waals surface area contributed by atoms with Gasteiger partial charge in [-0.05, 0) is 12.8 Å². The summed E-state index contributed by atoms with van der Waals surface area (Å²) < 4.78 is 32.2. The Morgan fingerprint density at radius 3 is 2.40 bits per heavy atom. The molecule has 20 heavy (non-hydrogen) atoms. The fraction of sp³-hybridized carbons (Fsp3) is 0.833. The number of ketones is 1. The lowest BCUT2D eigenvalue weighted by atomic mass is 9.98. The van der Waals surface area contributed by atoms with Crippen molar-refractivity contribution in [3.63, 3.8) is 0 Å². The van der Waals surface area contributed by atoms with Gasteiger partial charge in [0.25, 0.3) is 10.2 Å². The number of rotatable bonds is 3. The molecule has 0 aromatic rings. The molecule has 2 fully saturated rings. The van der Waals surface area contributed by atoms with Crippen LogP contribution in [0.3, 0.4) is 0 Å². The minimum atomic E-state index is -3.58. The zero-order valence-corrected chi connectivity index (χ0v) is 12.4. The molecule has 2 rings (SSSR count). The topological polar surface area (TPSA) is 84.0 Å². The van der Waals surface area contributed by atoms with Crippen LogP contribution in [0, 0.1) is 5.92 Å². The highest BCUT2D eigenvalue weighted by molar-refractivity contribution is 7.86. The fourth-order valence-corrected chi connectivity index (χ4v) is 4.33. The Morgan fingerprint density at radius 2 is 1.80 bits per heavy atom. The van der Waals surface area contributed by atoms with Crippen LogP contribution >= 0.6 is 0 Å². The van der Waals surface area contributed by atoms with Gasteiger partial charge < -0.3 is 4.74 Å². The van der Waals surface area contributed by atoms with Crippen LogP contribution in [0.2, 0.25) is 0 Å². The Hall–Kier alpha value is -0.990. The summed E-state index contributed by atoms with van der Waals surface area (Å²) in [4.78, 5) is 23.3. The molecule has 2 aliphatic heterocycles. The first-order valence-corrected chi connectivity index (χ1v) is 8.22. The van der Waals surface area contributed by atoms with Gasteiger partial charge in [-0.2, -0.15) is 17.0 Å². The van der Waals surface area contributed by atoms with E-state index in [0.29, 0.717) is 13.1 Å². The van der Waals surface area contributed by atoms with Crippen molar-refractivity contribution in [3.8, 4) is 0 Å². The fourth-order valence-electron chi connectivity index (χ4n) is 2.62. The molecular weight excluding hydrogens is 284 g/mol. The van der Waals surface area contributed by atoms with Crippen LogP contribution in [0.4, 0.5) is 0 Å². The van der Waals surface area contributed by atoms with Crippen molar-refractivity contribution in [2.45, 2.75) is 25.7 Å². The number of hydrogen-bond donors (Lipinski definition) is 0. The van der Waals surface area contributed by atoms with Crippen molar-refractivity contribution in [2.24, 2.45) is 5.92 Å². The highest BCUT2D eigenvalue weighted by Crippen LogP contribution is 2.22. The highest BCUT2D eigenvalue weighted by atomic mass is 32.2. The Labute approximate surface area is 119 Å². The summed E-state index contributed by atoms with van der Waals surface area (Å²) in [7, 11) is -2.37. The zero-order chi connectivity index (χ0) is 14.8. The van der Waals surface area contributed by atoms with Gasteiger partial charge in [0.2, 0.25) is 0 Å². The molecule has 7 nitrogen and oxygen atoms in total. The van der Waals surface area contributed by atoms with Gasteiger partial charge in [-0.1, -0.05) is 6.42 Å². The monoisotopic (exact) mass is 304 g/mol. The Kier molecular flexibility index (Phi) is 4.77. The first-order chi connectivity index (χ1) is 9.46. The number of hydrogen-bond acceptors (Lipinski definition) is 5. The SMILES string of the molecule is COC(=O)C1CN(S(=O)(=O)N2CCCCC2)CCC1=O. The number of methoxy groups -OCH3 is 1. The van der Waals surface area contributed by atoms with Crippen LogP contribution in [0.25, 0.3) is 0 Å². The van der Waals surface area contributed by atoms with Crippen LogP contribution < -0.4 is 0 Å². The van der Waals surface area contributed by atoms with Crippen molar-refractivity contribution < 1.29 is 22.7 Å². The van der Waals surface area contributed by atoms with E-state index in [1.807, 2.05) is 0 Å². The number of nitrogens with zero attached hydrogens (tertiary/aromatic N) is 2. The molecule has 2 aliphatic rings. The van der Waals surface area contributed by atoms with E-state index in [1.54, 1.807) is 0 Å². The van der Waals surface area contributed by atoms with Crippen LogP contribution in [0.5, 0.6) is 0 Å². The van der Waals surface area contributed by atoms with Gasteiger partial charge in [0.15, 0.2) is 0 Å². The standard InChI is InChI=1S/C12H20N2O5S/c1-19-12(16)10-9-14(8-5-11(10)15)20(17,18)13-6-3-2-4-7-13/h10H,2-9H2,1H3. The minimum Gasteiger partial charge on any atom is -0.468 e. The van der Waals surface area contributed by atoms with Crippen LogP contribution in [0.15, 0.2) is 0 Å². The lowest BCUT2D eigenvalue weighted by Crippen LogP contribution is -2.52. The van der Waals surface area contributed by atoms with Crippen molar-refractivity contribution in [2.75, 3.05) is 33.3 Å². The third-order valence-corrected chi connectivity index (χ3v) is 5.84. The molecule has 0 radical (unpaired) electrons. The molecule has 0 spiro atoms. The molecule has 2 heterocycles. The Morgan fingerprint density at radius 1 is 1.15 bits per heavy atom. The maximum absolute atomic E-state index is 12.5. The summed E-state index contributed by atoms with van der Waals surface area (Å²) in [6.07, 6.45) is 2.81. The molecule has 2 saturated heterocycles. The highest BCUT2D eigenvalue weighted by Gasteiger charge is 2.40.